The number of rotatable bonds is 5. The lowest BCUT2D eigenvalue weighted by molar-refractivity contribution is -0.128. The van der Waals surface area contributed by atoms with Crippen LogP contribution in [0, 0.1) is 0 Å². The van der Waals surface area contributed by atoms with Crippen LogP contribution in [0.1, 0.15) is 36.5 Å². The highest BCUT2D eigenvalue weighted by Crippen LogP contribution is 2.27. The number of nitrogens with zero attached hydrogens (tertiary/aromatic N) is 2. The van der Waals surface area contributed by atoms with Gasteiger partial charge in [-0.2, -0.15) is 0 Å². The lowest BCUT2D eigenvalue weighted by atomic mass is 10.0. The van der Waals surface area contributed by atoms with E-state index in [4.69, 9.17) is 4.84 Å². The second-order valence-electron chi connectivity index (χ2n) is 6.82. The number of carbonyl (C=O) groups excluding carboxylic acids is 2. The van der Waals surface area contributed by atoms with E-state index in [2.05, 4.69) is 10.5 Å². The zero-order valence-electron chi connectivity index (χ0n) is 14.9. The predicted molar refractivity (Wildman–Crippen MR) is 102 cm³/mol. The zero-order chi connectivity index (χ0) is 18.6. The van der Waals surface area contributed by atoms with Crippen molar-refractivity contribution in [3.63, 3.8) is 0 Å². The predicted octanol–water partition coefficient (Wildman–Crippen LogP) is 3.27. The highest BCUT2D eigenvalue weighted by Gasteiger charge is 2.27. The van der Waals surface area contributed by atoms with Gasteiger partial charge in [-0.15, -0.1) is 0 Å². The standard InChI is InChI=1S/C21H21N3O3/c25-20-10-5-11-24(20)14-15-6-4-9-17(12-15)22-21(26)18-13-19(27-23-18)16-7-2-1-3-8-16/h1-4,6-9,12,19H,5,10-11,13-14H2,(H,22,26)/t19-/m1/s1. The number of anilines is 1. The minimum Gasteiger partial charge on any atom is -0.387 e. The van der Waals surface area contributed by atoms with Gasteiger partial charge in [0.15, 0.2) is 6.10 Å². The van der Waals surface area contributed by atoms with Crippen LogP contribution in [0.3, 0.4) is 0 Å². The average molecular weight is 363 g/mol. The maximum Gasteiger partial charge on any atom is 0.273 e. The summed E-state index contributed by atoms with van der Waals surface area (Å²) in [6, 6.07) is 17.3. The molecule has 1 saturated heterocycles. The van der Waals surface area contributed by atoms with E-state index < -0.39 is 0 Å². The SMILES string of the molecule is O=C(Nc1cccc(CN2CCCC2=O)c1)C1=NO[C@@H](c2ccccc2)C1. The van der Waals surface area contributed by atoms with E-state index >= 15 is 0 Å². The van der Waals surface area contributed by atoms with Gasteiger partial charge in [0, 0.05) is 31.6 Å². The first-order valence-electron chi connectivity index (χ1n) is 9.15. The van der Waals surface area contributed by atoms with E-state index in [1.807, 2.05) is 59.5 Å². The van der Waals surface area contributed by atoms with Gasteiger partial charge in [-0.3, -0.25) is 9.59 Å². The molecule has 0 radical (unpaired) electrons. The Kier molecular flexibility index (Phi) is 4.87. The second-order valence-corrected chi connectivity index (χ2v) is 6.82. The van der Waals surface area contributed by atoms with Crippen LogP contribution in [0.2, 0.25) is 0 Å². The van der Waals surface area contributed by atoms with Crippen LogP contribution >= 0.6 is 0 Å². The van der Waals surface area contributed by atoms with Crippen molar-refractivity contribution >= 4 is 23.2 Å². The van der Waals surface area contributed by atoms with Gasteiger partial charge in [-0.05, 0) is 29.7 Å². The molecule has 0 bridgehead atoms. The molecule has 0 aliphatic carbocycles. The molecule has 2 aromatic rings. The lowest BCUT2D eigenvalue weighted by Gasteiger charge is -2.16. The number of amides is 2. The molecule has 0 saturated carbocycles. The van der Waals surface area contributed by atoms with Crippen molar-refractivity contribution in [2.24, 2.45) is 5.16 Å². The molecule has 27 heavy (non-hydrogen) atoms. The van der Waals surface area contributed by atoms with E-state index in [0.717, 1.165) is 24.1 Å². The molecular formula is C21H21N3O3. The van der Waals surface area contributed by atoms with Crippen molar-refractivity contribution in [2.75, 3.05) is 11.9 Å². The Labute approximate surface area is 157 Å². The van der Waals surface area contributed by atoms with Crippen LogP contribution < -0.4 is 5.32 Å². The fourth-order valence-corrected chi connectivity index (χ4v) is 3.40. The number of carbonyl (C=O) groups is 2. The normalized spacial score (nSPS) is 19.0. The first-order chi connectivity index (χ1) is 13.2. The molecule has 1 atom stereocenters. The highest BCUT2D eigenvalue weighted by molar-refractivity contribution is 6.43. The monoisotopic (exact) mass is 363 g/mol. The first kappa shape index (κ1) is 17.3. The summed E-state index contributed by atoms with van der Waals surface area (Å²) in [5, 5.41) is 6.84. The Hall–Kier alpha value is -3.15. The molecule has 138 valence electrons. The highest BCUT2D eigenvalue weighted by atomic mass is 16.6. The zero-order valence-corrected chi connectivity index (χ0v) is 14.9. The minimum atomic E-state index is -0.261. The van der Waals surface area contributed by atoms with E-state index in [1.165, 1.54) is 0 Å². The summed E-state index contributed by atoms with van der Waals surface area (Å²) < 4.78 is 0. The van der Waals surface area contributed by atoms with Crippen molar-refractivity contribution in [1.82, 2.24) is 4.90 Å². The van der Waals surface area contributed by atoms with E-state index in [-0.39, 0.29) is 17.9 Å². The summed E-state index contributed by atoms with van der Waals surface area (Å²) >= 11 is 0. The van der Waals surface area contributed by atoms with Crippen molar-refractivity contribution in [3.8, 4) is 0 Å². The molecule has 2 aliphatic heterocycles. The Morgan fingerprint density at radius 3 is 2.81 bits per heavy atom. The molecule has 2 amide bonds. The molecular weight excluding hydrogens is 342 g/mol. The molecule has 1 fully saturated rings. The number of likely N-dealkylation sites (tertiary alicyclic amines) is 1. The molecule has 6 heteroatoms. The molecule has 1 N–H and O–H groups in total. The van der Waals surface area contributed by atoms with Gasteiger partial charge in [-0.1, -0.05) is 47.6 Å². The van der Waals surface area contributed by atoms with Gasteiger partial charge in [0.1, 0.15) is 5.71 Å². The third-order valence-corrected chi connectivity index (χ3v) is 4.83. The number of oxime groups is 1. The van der Waals surface area contributed by atoms with Gasteiger partial charge in [0.2, 0.25) is 5.91 Å². The fraction of sp³-hybridized carbons (Fsp3) is 0.286. The second kappa shape index (κ2) is 7.61. The van der Waals surface area contributed by atoms with Gasteiger partial charge in [0.05, 0.1) is 0 Å². The van der Waals surface area contributed by atoms with E-state index in [9.17, 15) is 9.59 Å². The number of benzene rings is 2. The fourth-order valence-electron chi connectivity index (χ4n) is 3.40. The summed E-state index contributed by atoms with van der Waals surface area (Å²) in [5.74, 6) is -0.0725. The Balaban J connectivity index is 1.37. The van der Waals surface area contributed by atoms with Crippen molar-refractivity contribution in [3.05, 3.63) is 65.7 Å². The number of hydrogen-bond acceptors (Lipinski definition) is 4. The third-order valence-electron chi connectivity index (χ3n) is 4.83. The largest absolute Gasteiger partial charge is 0.387 e. The van der Waals surface area contributed by atoms with Crippen LogP contribution in [-0.4, -0.2) is 29.0 Å². The van der Waals surface area contributed by atoms with Crippen molar-refractivity contribution in [1.29, 1.82) is 0 Å². The van der Waals surface area contributed by atoms with Crippen LogP contribution in [0.15, 0.2) is 59.8 Å². The molecule has 0 unspecified atom stereocenters. The van der Waals surface area contributed by atoms with E-state index in [0.29, 0.717) is 30.8 Å². The maximum absolute atomic E-state index is 12.5. The molecule has 6 nitrogen and oxygen atoms in total. The molecule has 0 spiro atoms. The summed E-state index contributed by atoms with van der Waals surface area (Å²) in [6.07, 6.45) is 1.76. The third kappa shape index (κ3) is 4.00. The summed E-state index contributed by atoms with van der Waals surface area (Å²) in [4.78, 5) is 31.6. The van der Waals surface area contributed by atoms with Gasteiger partial charge in [-0.25, -0.2) is 0 Å². The number of hydrogen-bond donors (Lipinski definition) is 1. The Morgan fingerprint density at radius 2 is 2.04 bits per heavy atom. The van der Waals surface area contributed by atoms with Crippen molar-refractivity contribution < 1.29 is 14.4 Å². The smallest absolute Gasteiger partial charge is 0.273 e. The van der Waals surface area contributed by atoms with Crippen molar-refractivity contribution in [2.45, 2.75) is 31.9 Å². The average Bonchev–Trinajstić information content (AvgIpc) is 3.33. The topological polar surface area (TPSA) is 71.0 Å². The maximum atomic E-state index is 12.5. The molecule has 2 aromatic carbocycles. The molecule has 0 aromatic heterocycles. The minimum absolute atomic E-state index is 0.189. The van der Waals surface area contributed by atoms with Crippen LogP contribution in [0.4, 0.5) is 5.69 Å². The number of nitrogens with one attached hydrogen (secondary N) is 1. The quantitative estimate of drug-likeness (QED) is 0.886. The Bertz CT molecular complexity index is 879. The Morgan fingerprint density at radius 1 is 1.19 bits per heavy atom. The first-order valence-corrected chi connectivity index (χ1v) is 9.15. The summed E-state index contributed by atoms with van der Waals surface area (Å²) in [6.45, 7) is 1.37. The molecule has 4 rings (SSSR count). The molecule has 2 aliphatic rings. The lowest BCUT2D eigenvalue weighted by Crippen LogP contribution is -2.24. The van der Waals surface area contributed by atoms with Gasteiger partial charge >= 0.3 is 0 Å². The molecule has 2 heterocycles. The van der Waals surface area contributed by atoms with Crippen LogP contribution in [0.5, 0.6) is 0 Å². The van der Waals surface area contributed by atoms with Gasteiger partial charge < -0.3 is 15.1 Å². The van der Waals surface area contributed by atoms with Crippen LogP contribution in [0.25, 0.3) is 0 Å². The summed E-state index contributed by atoms with van der Waals surface area (Å²) in [7, 11) is 0. The summed E-state index contributed by atoms with van der Waals surface area (Å²) in [5.41, 5.74) is 3.06. The van der Waals surface area contributed by atoms with E-state index in [1.54, 1.807) is 0 Å². The van der Waals surface area contributed by atoms with Gasteiger partial charge in [0.25, 0.3) is 5.91 Å². The van der Waals surface area contributed by atoms with Crippen LogP contribution in [-0.2, 0) is 21.0 Å².